The molecule has 0 atom stereocenters. The van der Waals surface area contributed by atoms with Gasteiger partial charge < -0.3 is 10.6 Å². The number of nitrogens with zero attached hydrogens (tertiary/aromatic N) is 4. The maximum atomic E-state index is 12.8. The smallest absolute Gasteiger partial charge is 0.271 e. The molecule has 3 rings (SSSR count). The average Bonchev–Trinajstić information content (AvgIpc) is 3.21. The number of carbonyl (C=O) groups excluding carboxylic acids is 2. The fourth-order valence-electron chi connectivity index (χ4n) is 3.13. The number of hydrogen-bond donors (Lipinski definition) is 2. The predicted octanol–water partition coefficient (Wildman–Crippen LogP) is 2.67. The van der Waals surface area contributed by atoms with E-state index in [9.17, 15) is 9.59 Å². The quantitative estimate of drug-likeness (QED) is 0.644. The zero-order valence-corrected chi connectivity index (χ0v) is 17.2. The first-order valence-corrected chi connectivity index (χ1v) is 9.60. The standard InChI is InChI=1S/C21H26N6O2/c1-5-9-22-21(29)19-18(12-23-26(19)4)24-20(28)17-8-6-7-16(11-17)13-27-15(3)10-14(2)25-27/h6-8,10-12H,5,9,13H2,1-4H3,(H,22,29)(H,24,28). The second kappa shape index (κ2) is 8.72. The fraction of sp³-hybridized carbons (Fsp3) is 0.333. The SMILES string of the molecule is CCCNC(=O)c1c(NC(=O)c2cccc(Cn3nc(C)cc3C)c2)cnn1C. The van der Waals surface area contributed by atoms with E-state index in [1.165, 1.54) is 10.9 Å². The van der Waals surface area contributed by atoms with E-state index >= 15 is 0 Å². The number of aryl methyl sites for hydroxylation is 3. The van der Waals surface area contributed by atoms with Crippen molar-refractivity contribution in [3.05, 3.63) is 64.7 Å². The van der Waals surface area contributed by atoms with Crippen LogP contribution in [0.25, 0.3) is 0 Å². The van der Waals surface area contributed by atoms with E-state index in [1.54, 1.807) is 13.1 Å². The first-order valence-electron chi connectivity index (χ1n) is 9.60. The Balaban J connectivity index is 1.77. The van der Waals surface area contributed by atoms with Gasteiger partial charge in [-0.05, 0) is 44.0 Å². The molecule has 1 aromatic carbocycles. The highest BCUT2D eigenvalue weighted by atomic mass is 16.2. The van der Waals surface area contributed by atoms with Crippen molar-refractivity contribution in [1.82, 2.24) is 24.9 Å². The van der Waals surface area contributed by atoms with Crippen molar-refractivity contribution in [2.75, 3.05) is 11.9 Å². The number of carbonyl (C=O) groups is 2. The van der Waals surface area contributed by atoms with Crippen LogP contribution in [0.5, 0.6) is 0 Å². The molecule has 8 nitrogen and oxygen atoms in total. The number of anilines is 1. The van der Waals surface area contributed by atoms with Gasteiger partial charge in [0.25, 0.3) is 11.8 Å². The van der Waals surface area contributed by atoms with Crippen LogP contribution in [-0.4, -0.2) is 37.9 Å². The molecule has 0 saturated carbocycles. The molecule has 0 radical (unpaired) electrons. The van der Waals surface area contributed by atoms with Gasteiger partial charge in [0.2, 0.25) is 0 Å². The van der Waals surface area contributed by atoms with Crippen LogP contribution in [0.3, 0.4) is 0 Å². The number of amides is 2. The Morgan fingerprint density at radius 1 is 1.14 bits per heavy atom. The zero-order chi connectivity index (χ0) is 21.0. The molecule has 0 aliphatic rings. The van der Waals surface area contributed by atoms with Crippen LogP contribution in [-0.2, 0) is 13.6 Å². The third kappa shape index (κ3) is 4.71. The summed E-state index contributed by atoms with van der Waals surface area (Å²) in [5.41, 5.74) is 4.21. The Kier molecular flexibility index (Phi) is 6.11. The minimum atomic E-state index is -0.294. The third-order valence-corrected chi connectivity index (χ3v) is 4.56. The molecule has 2 amide bonds. The molecule has 152 valence electrons. The van der Waals surface area contributed by atoms with Crippen molar-refractivity contribution in [2.24, 2.45) is 7.05 Å². The largest absolute Gasteiger partial charge is 0.351 e. The van der Waals surface area contributed by atoms with E-state index in [0.717, 1.165) is 23.4 Å². The van der Waals surface area contributed by atoms with Crippen LogP contribution >= 0.6 is 0 Å². The monoisotopic (exact) mass is 394 g/mol. The summed E-state index contributed by atoms with van der Waals surface area (Å²) in [5, 5.41) is 14.2. The molecule has 8 heteroatoms. The lowest BCUT2D eigenvalue weighted by atomic mass is 10.1. The molecule has 0 unspecified atom stereocenters. The molecule has 2 aromatic heterocycles. The minimum absolute atomic E-state index is 0.263. The molecule has 0 aliphatic heterocycles. The first-order chi connectivity index (χ1) is 13.9. The van der Waals surface area contributed by atoms with Crippen LogP contribution in [0.1, 0.15) is 51.1 Å². The van der Waals surface area contributed by atoms with Gasteiger partial charge >= 0.3 is 0 Å². The molecular formula is C21H26N6O2. The van der Waals surface area contributed by atoms with E-state index in [2.05, 4.69) is 20.8 Å². The number of rotatable bonds is 7. The normalized spacial score (nSPS) is 10.8. The Labute approximate surface area is 169 Å². The summed E-state index contributed by atoms with van der Waals surface area (Å²) in [5.74, 6) is -0.557. The predicted molar refractivity (Wildman–Crippen MR) is 111 cm³/mol. The first kappa shape index (κ1) is 20.3. The van der Waals surface area contributed by atoms with Crippen LogP contribution in [0, 0.1) is 13.8 Å². The van der Waals surface area contributed by atoms with E-state index in [-0.39, 0.29) is 11.8 Å². The Bertz CT molecular complexity index is 1030. The number of hydrogen-bond acceptors (Lipinski definition) is 4. The highest BCUT2D eigenvalue weighted by molar-refractivity contribution is 6.08. The van der Waals surface area contributed by atoms with Crippen molar-refractivity contribution in [3.8, 4) is 0 Å². The van der Waals surface area contributed by atoms with Crippen molar-refractivity contribution < 1.29 is 9.59 Å². The Morgan fingerprint density at radius 3 is 2.62 bits per heavy atom. The zero-order valence-electron chi connectivity index (χ0n) is 17.2. The summed E-state index contributed by atoms with van der Waals surface area (Å²) in [6.45, 7) is 7.08. The average molecular weight is 394 g/mol. The highest BCUT2D eigenvalue weighted by Gasteiger charge is 2.19. The van der Waals surface area contributed by atoms with Gasteiger partial charge in [0.15, 0.2) is 0 Å². The van der Waals surface area contributed by atoms with Crippen LogP contribution in [0.4, 0.5) is 5.69 Å². The van der Waals surface area contributed by atoms with Gasteiger partial charge in [0, 0.05) is 24.8 Å². The van der Waals surface area contributed by atoms with Crippen molar-refractivity contribution >= 4 is 17.5 Å². The molecular weight excluding hydrogens is 368 g/mol. The van der Waals surface area contributed by atoms with Crippen LogP contribution in [0.15, 0.2) is 36.5 Å². The van der Waals surface area contributed by atoms with Gasteiger partial charge in [0.1, 0.15) is 5.69 Å². The van der Waals surface area contributed by atoms with Gasteiger partial charge in [-0.25, -0.2) is 0 Å². The van der Waals surface area contributed by atoms with Gasteiger partial charge in [-0.1, -0.05) is 19.1 Å². The number of benzene rings is 1. The lowest BCUT2D eigenvalue weighted by Gasteiger charge is -2.10. The minimum Gasteiger partial charge on any atom is -0.351 e. The van der Waals surface area contributed by atoms with Gasteiger partial charge in [-0.15, -0.1) is 0 Å². The molecule has 0 fully saturated rings. The van der Waals surface area contributed by atoms with Gasteiger partial charge in [0.05, 0.1) is 24.1 Å². The summed E-state index contributed by atoms with van der Waals surface area (Å²) in [6, 6.07) is 9.39. The highest BCUT2D eigenvalue weighted by Crippen LogP contribution is 2.17. The van der Waals surface area contributed by atoms with Gasteiger partial charge in [-0.2, -0.15) is 10.2 Å². The summed E-state index contributed by atoms with van der Waals surface area (Å²) < 4.78 is 3.36. The summed E-state index contributed by atoms with van der Waals surface area (Å²) in [4.78, 5) is 25.2. The molecule has 3 aromatic rings. The van der Waals surface area contributed by atoms with E-state index in [0.29, 0.717) is 30.0 Å². The summed E-state index contributed by atoms with van der Waals surface area (Å²) >= 11 is 0. The second-order valence-electron chi connectivity index (χ2n) is 7.03. The topological polar surface area (TPSA) is 93.8 Å². The maximum Gasteiger partial charge on any atom is 0.271 e. The number of nitrogens with one attached hydrogen (secondary N) is 2. The summed E-state index contributed by atoms with van der Waals surface area (Å²) in [6.07, 6.45) is 2.31. The van der Waals surface area contributed by atoms with Crippen LogP contribution in [0.2, 0.25) is 0 Å². The molecule has 2 N–H and O–H groups in total. The molecule has 0 spiro atoms. The van der Waals surface area contributed by atoms with Crippen molar-refractivity contribution in [2.45, 2.75) is 33.7 Å². The van der Waals surface area contributed by atoms with E-state index < -0.39 is 0 Å². The number of aromatic nitrogens is 4. The lowest BCUT2D eigenvalue weighted by molar-refractivity contribution is 0.0945. The fourth-order valence-corrected chi connectivity index (χ4v) is 3.13. The third-order valence-electron chi connectivity index (χ3n) is 4.56. The molecule has 0 saturated heterocycles. The molecule has 0 aliphatic carbocycles. The maximum absolute atomic E-state index is 12.8. The van der Waals surface area contributed by atoms with E-state index in [4.69, 9.17) is 0 Å². The molecule has 0 bridgehead atoms. The lowest BCUT2D eigenvalue weighted by Crippen LogP contribution is -2.27. The summed E-state index contributed by atoms with van der Waals surface area (Å²) in [7, 11) is 1.67. The van der Waals surface area contributed by atoms with Crippen molar-refractivity contribution in [1.29, 1.82) is 0 Å². The van der Waals surface area contributed by atoms with E-state index in [1.807, 2.05) is 49.7 Å². The molecule has 2 heterocycles. The Morgan fingerprint density at radius 2 is 1.93 bits per heavy atom. The van der Waals surface area contributed by atoms with Crippen molar-refractivity contribution in [3.63, 3.8) is 0 Å². The Hall–Kier alpha value is -3.42. The van der Waals surface area contributed by atoms with Gasteiger partial charge in [-0.3, -0.25) is 19.0 Å². The second-order valence-corrected chi connectivity index (χ2v) is 7.03. The van der Waals surface area contributed by atoms with Crippen LogP contribution < -0.4 is 10.6 Å². The molecule has 29 heavy (non-hydrogen) atoms.